The summed E-state index contributed by atoms with van der Waals surface area (Å²) in [6.45, 7) is 3.82. The number of carbonyl (C=O) groups excluding carboxylic acids is 1. The van der Waals surface area contributed by atoms with Gasteiger partial charge in [0.25, 0.3) is 0 Å². The highest BCUT2D eigenvalue weighted by Crippen LogP contribution is 2.13. The van der Waals surface area contributed by atoms with Crippen LogP contribution in [0, 0.1) is 11.7 Å². The first-order valence-corrected chi connectivity index (χ1v) is 8.03. The molecule has 0 saturated heterocycles. The number of hydrogen-bond acceptors (Lipinski definition) is 3. The lowest BCUT2D eigenvalue weighted by atomic mass is 10.0. The van der Waals surface area contributed by atoms with E-state index in [2.05, 4.69) is 5.32 Å². The van der Waals surface area contributed by atoms with Gasteiger partial charge in [0.05, 0.1) is 5.69 Å². The molecule has 0 aliphatic heterocycles. The van der Waals surface area contributed by atoms with E-state index >= 15 is 0 Å². The van der Waals surface area contributed by atoms with Crippen LogP contribution in [0.2, 0.25) is 0 Å². The summed E-state index contributed by atoms with van der Waals surface area (Å²) in [5.74, 6) is -1.55. The summed E-state index contributed by atoms with van der Waals surface area (Å²) in [5, 5.41) is 11.6. The zero-order valence-corrected chi connectivity index (χ0v) is 14.1. The van der Waals surface area contributed by atoms with Gasteiger partial charge < -0.3 is 16.2 Å². The molecule has 0 bridgehead atoms. The second kappa shape index (κ2) is 9.70. The van der Waals surface area contributed by atoms with Crippen LogP contribution < -0.4 is 11.1 Å². The predicted molar refractivity (Wildman–Crippen MR) is 92.7 cm³/mol. The molecule has 0 saturated carbocycles. The number of nitrogens with two attached hydrogens (primary N) is 1. The van der Waals surface area contributed by atoms with Crippen LogP contribution in [0.25, 0.3) is 6.08 Å². The van der Waals surface area contributed by atoms with Gasteiger partial charge in [-0.2, -0.15) is 0 Å². The molecule has 0 fully saturated rings. The number of anilines is 1. The van der Waals surface area contributed by atoms with Crippen molar-refractivity contribution in [2.45, 2.75) is 45.6 Å². The van der Waals surface area contributed by atoms with Crippen LogP contribution in [0.3, 0.4) is 0 Å². The Balaban J connectivity index is 2.35. The van der Waals surface area contributed by atoms with Crippen LogP contribution in [0.1, 0.15) is 45.1 Å². The van der Waals surface area contributed by atoms with Crippen LogP contribution in [0.5, 0.6) is 0 Å². The number of carboxylic acid groups (broad SMARTS) is 1. The minimum atomic E-state index is -1.01. The number of nitrogens with one attached hydrogen (secondary N) is 1. The van der Waals surface area contributed by atoms with Gasteiger partial charge in [-0.1, -0.05) is 32.1 Å². The Morgan fingerprint density at radius 2 is 2.08 bits per heavy atom. The molecule has 1 amide bonds. The number of halogens is 1. The highest BCUT2D eigenvalue weighted by Gasteiger charge is 2.20. The number of carbonyl (C=O) groups is 2. The Bertz CT molecular complexity index is 600. The summed E-state index contributed by atoms with van der Waals surface area (Å²) >= 11 is 0. The molecule has 0 spiro atoms. The van der Waals surface area contributed by atoms with Crippen molar-refractivity contribution < 1.29 is 19.1 Å². The summed E-state index contributed by atoms with van der Waals surface area (Å²) in [5.41, 5.74) is 6.22. The highest BCUT2D eigenvalue weighted by molar-refractivity contribution is 5.83. The van der Waals surface area contributed by atoms with Gasteiger partial charge in [-0.15, -0.1) is 0 Å². The molecule has 24 heavy (non-hydrogen) atoms. The maximum atomic E-state index is 13.3. The third-order valence-electron chi connectivity index (χ3n) is 3.45. The van der Waals surface area contributed by atoms with Gasteiger partial charge in [-0.05, 0) is 42.9 Å². The Hall–Kier alpha value is -2.37. The molecule has 4 N–H and O–H groups in total. The third kappa shape index (κ3) is 7.26. The number of hydrogen-bond donors (Lipinski definition) is 3. The van der Waals surface area contributed by atoms with Crippen molar-refractivity contribution in [2.24, 2.45) is 5.92 Å². The molecule has 1 aromatic carbocycles. The number of carboxylic acids is 1. The van der Waals surface area contributed by atoms with Crippen LogP contribution >= 0.6 is 0 Å². The molecule has 0 heterocycles. The predicted octanol–water partition coefficient (Wildman–Crippen LogP) is 3.21. The molecule has 132 valence electrons. The zero-order chi connectivity index (χ0) is 18.1. The van der Waals surface area contributed by atoms with E-state index in [9.17, 15) is 14.0 Å². The van der Waals surface area contributed by atoms with Crippen molar-refractivity contribution in [1.82, 2.24) is 5.32 Å². The average Bonchev–Trinajstić information content (AvgIpc) is 2.49. The fourth-order valence-corrected chi connectivity index (χ4v) is 2.21. The lowest BCUT2D eigenvalue weighted by Crippen LogP contribution is -2.41. The monoisotopic (exact) mass is 336 g/mol. The maximum absolute atomic E-state index is 13.3. The van der Waals surface area contributed by atoms with Crippen LogP contribution in [0.15, 0.2) is 24.3 Å². The Morgan fingerprint density at radius 3 is 2.67 bits per heavy atom. The summed E-state index contributed by atoms with van der Waals surface area (Å²) in [4.78, 5) is 22.9. The van der Waals surface area contributed by atoms with Gasteiger partial charge in [0.15, 0.2) is 0 Å². The van der Waals surface area contributed by atoms with E-state index < -0.39 is 17.8 Å². The average molecular weight is 336 g/mol. The number of aliphatic carboxylic acids is 1. The molecule has 0 radical (unpaired) electrons. The number of benzene rings is 1. The Kier molecular flexibility index (Phi) is 7.95. The first-order chi connectivity index (χ1) is 11.3. The smallest absolute Gasteiger partial charge is 0.326 e. The van der Waals surface area contributed by atoms with E-state index in [-0.39, 0.29) is 23.9 Å². The van der Waals surface area contributed by atoms with Crippen molar-refractivity contribution in [2.75, 3.05) is 5.73 Å². The first-order valence-electron chi connectivity index (χ1n) is 8.03. The second-order valence-corrected chi connectivity index (χ2v) is 6.16. The molecule has 5 nitrogen and oxygen atoms in total. The summed E-state index contributed by atoms with van der Waals surface area (Å²) in [6.07, 6.45) is 5.50. The molecule has 6 heteroatoms. The molecule has 1 rings (SSSR count). The van der Waals surface area contributed by atoms with Crippen LogP contribution in [0.4, 0.5) is 10.1 Å². The van der Waals surface area contributed by atoms with Crippen molar-refractivity contribution in [3.05, 3.63) is 35.7 Å². The molecule has 0 aromatic heterocycles. The maximum Gasteiger partial charge on any atom is 0.326 e. The Labute approximate surface area is 141 Å². The molecular formula is C18H25FN2O3. The second-order valence-electron chi connectivity index (χ2n) is 6.16. The highest BCUT2D eigenvalue weighted by atomic mass is 19.1. The lowest BCUT2D eigenvalue weighted by Gasteiger charge is -2.16. The molecule has 1 atom stereocenters. The van der Waals surface area contributed by atoms with E-state index in [1.807, 2.05) is 19.9 Å². The molecule has 0 aliphatic rings. The van der Waals surface area contributed by atoms with Gasteiger partial charge in [0, 0.05) is 6.42 Å². The number of allylic oxidation sites excluding steroid dienone is 1. The van der Waals surface area contributed by atoms with Gasteiger partial charge in [0.2, 0.25) is 5.91 Å². The number of amides is 1. The van der Waals surface area contributed by atoms with Crippen molar-refractivity contribution >= 4 is 23.6 Å². The molecule has 0 unspecified atom stereocenters. The normalized spacial score (nSPS) is 12.5. The zero-order valence-electron chi connectivity index (χ0n) is 14.1. The molecular weight excluding hydrogens is 311 g/mol. The number of rotatable bonds is 9. The summed E-state index contributed by atoms with van der Waals surface area (Å²) in [6, 6.07) is 3.72. The van der Waals surface area contributed by atoms with Gasteiger partial charge in [0.1, 0.15) is 11.9 Å². The SMILES string of the molecule is CC(C)C[C@H](NC(=O)CCC/C=C/c1ccc(N)c(F)c1)C(=O)O. The van der Waals surface area contributed by atoms with Crippen molar-refractivity contribution in [3.8, 4) is 0 Å². The van der Waals surface area contributed by atoms with Crippen molar-refractivity contribution in [3.63, 3.8) is 0 Å². The van der Waals surface area contributed by atoms with E-state index in [0.717, 1.165) is 0 Å². The summed E-state index contributed by atoms with van der Waals surface area (Å²) < 4.78 is 13.3. The fraction of sp³-hybridized carbons (Fsp3) is 0.444. The molecule has 1 aromatic rings. The van der Waals surface area contributed by atoms with E-state index in [0.29, 0.717) is 24.8 Å². The first kappa shape index (κ1) is 19.7. The topological polar surface area (TPSA) is 92.4 Å². The summed E-state index contributed by atoms with van der Waals surface area (Å²) in [7, 11) is 0. The van der Waals surface area contributed by atoms with Gasteiger partial charge in [-0.3, -0.25) is 4.79 Å². The van der Waals surface area contributed by atoms with Gasteiger partial charge in [-0.25, -0.2) is 9.18 Å². The number of nitrogen functional groups attached to an aromatic ring is 1. The Morgan fingerprint density at radius 1 is 1.38 bits per heavy atom. The fourth-order valence-electron chi connectivity index (χ4n) is 2.21. The lowest BCUT2D eigenvalue weighted by molar-refractivity contribution is -0.142. The standard InChI is InChI=1S/C18H25FN2O3/c1-12(2)10-16(18(23)24)21-17(22)7-5-3-4-6-13-8-9-15(20)14(19)11-13/h4,6,8-9,11-12,16H,3,5,7,10,20H2,1-2H3,(H,21,22)(H,23,24)/b6-4+/t16-/m0/s1. The van der Waals surface area contributed by atoms with Crippen LogP contribution in [-0.2, 0) is 9.59 Å². The quantitative estimate of drug-likeness (QED) is 0.477. The largest absolute Gasteiger partial charge is 0.480 e. The van der Waals surface area contributed by atoms with Crippen molar-refractivity contribution in [1.29, 1.82) is 0 Å². The van der Waals surface area contributed by atoms with E-state index in [1.54, 1.807) is 12.1 Å². The van der Waals surface area contributed by atoms with Gasteiger partial charge >= 0.3 is 5.97 Å². The van der Waals surface area contributed by atoms with E-state index in [1.165, 1.54) is 12.1 Å². The number of unbranched alkanes of at least 4 members (excludes halogenated alkanes) is 1. The third-order valence-corrected chi connectivity index (χ3v) is 3.45. The van der Waals surface area contributed by atoms with E-state index in [4.69, 9.17) is 10.8 Å². The minimum absolute atomic E-state index is 0.109. The molecule has 0 aliphatic carbocycles. The van der Waals surface area contributed by atoms with Crippen LogP contribution in [-0.4, -0.2) is 23.0 Å². The minimum Gasteiger partial charge on any atom is -0.480 e.